The summed E-state index contributed by atoms with van der Waals surface area (Å²) in [4.78, 5) is 12.8. The van der Waals surface area contributed by atoms with Gasteiger partial charge in [0.2, 0.25) is 0 Å². The molecule has 124 valence electrons. The van der Waals surface area contributed by atoms with E-state index in [0.29, 0.717) is 5.75 Å². The van der Waals surface area contributed by atoms with Crippen LogP contribution in [0.3, 0.4) is 0 Å². The fourth-order valence-electron chi connectivity index (χ4n) is 3.34. The summed E-state index contributed by atoms with van der Waals surface area (Å²) in [7, 11) is 0. The highest BCUT2D eigenvalue weighted by atomic mass is 16.5. The second-order valence-electron chi connectivity index (χ2n) is 6.27. The predicted molar refractivity (Wildman–Crippen MR) is 101 cm³/mol. The minimum Gasteiger partial charge on any atom is -0.425 e. The summed E-state index contributed by atoms with van der Waals surface area (Å²) in [5.41, 5.74) is 3.03. The smallest absolute Gasteiger partial charge is 0.334 e. The van der Waals surface area contributed by atoms with Gasteiger partial charge in [0.25, 0.3) is 0 Å². The van der Waals surface area contributed by atoms with E-state index in [-0.39, 0.29) is 5.97 Å². The molecular formula is C22H19NO2. The first-order valence-corrected chi connectivity index (χ1v) is 8.42. The number of para-hydroxylation sites is 3. The maximum atomic E-state index is 12.8. The number of carbonyl (C=O) groups is 1. The van der Waals surface area contributed by atoms with Crippen molar-refractivity contribution >= 4 is 27.8 Å². The van der Waals surface area contributed by atoms with Crippen molar-refractivity contribution in [3.63, 3.8) is 0 Å². The number of aryl methyl sites for hydroxylation is 1. The molecule has 0 fully saturated rings. The summed E-state index contributed by atoms with van der Waals surface area (Å²) < 4.78 is 7.73. The van der Waals surface area contributed by atoms with Crippen molar-refractivity contribution in [1.29, 1.82) is 0 Å². The Morgan fingerprint density at radius 1 is 0.840 bits per heavy atom. The van der Waals surface area contributed by atoms with Crippen LogP contribution in [-0.2, 0) is 4.79 Å². The number of fused-ring (bicyclic) bond motifs is 3. The Morgan fingerprint density at radius 3 is 1.96 bits per heavy atom. The van der Waals surface area contributed by atoms with E-state index in [9.17, 15) is 4.79 Å². The van der Waals surface area contributed by atoms with Gasteiger partial charge in [-0.1, -0.05) is 54.6 Å². The number of carbonyl (C=O) groups excluding carboxylic acids is 1. The van der Waals surface area contributed by atoms with E-state index in [1.165, 1.54) is 0 Å². The van der Waals surface area contributed by atoms with Gasteiger partial charge in [-0.15, -0.1) is 0 Å². The molecule has 0 aliphatic rings. The van der Waals surface area contributed by atoms with Crippen LogP contribution in [0.1, 0.15) is 18.5 Å². The second-order valence-corrected chi connectivity index (χ2v) is 6.27. The summed E-state index contributed by atoms with van der Waals surface area (Å²) >= 11 is 0. The molecule has 25 heavy (non-hydrogen) atoms. The monoisotopic (exact) mass is 329 g/mol. The molecule has 4 rings (SSSR count). The van der Waals surface area contributed by atoms with E-state index in [1.54, 1.807) is 0 Å². The van der Waals surface area contributed by atoms with Gasteiger partial charge in [-0.25, -0.2) is 4.79 Å². The fourth-order valence-corrected chi connectivity index (χ4v) is 3.34. The third-order valence-corrected chi connectivity index (χ3v) is 4.65. The van der Waals surface area contributed by atoms with E-state index >= 15 is 0 Å². The number of benzene rings is 3. The Balaban J connectivity index is 1.80. The molecule has 3 aromatic carbocycles. The summed E-state index contributed by atoms with van der Waals surface area (Å²) in [5.74, 6) is 0.348. The van der Waals surface area contributed by atoms with Crippen molar-refractivity contribution in [2.75, 3.05) is 0 Å². The third kappa shape index (κ3) is 2.58. The van der Waals surface area contributed by atoms with Crippen LogP contribution in [0, 0.1) is 6.92 Å². The Kier molecular flexibility index (Phi) is 3.77. The number of hydrogen-bond acceptors (Lipinski definition) is 2. The van der Waals surface area contributed by atoms with Crippen molar-refractivity contribution in [3.05, 3.63) is 78.4 Å². The highest BCUT2D eigenvalue weighted by Gasteiger charge is 2.22. The van der Waals surface area contributed by atoms with E-state index < -0.39 is 6.04 Å². The summed E-state index contributed by atoms with van der Waals surface area (Å²) in [5, 5.41) is 2.29. The van der Waals surface area contributed by atoms with Gasteiger partial charge in [-0.3, -0.25) is 0 Å². The molecule has 0 aliphatic carbocycles. The zero-order valence-corrected chi connectivity index (χ0v) is 14.3. The molecule has 3 heteroatoms. The Bertz CT molecular complexity index is 1020. The van der Waals surface area contributed by atoms with Gasteiger partial charge < -0.3 is 9.30 Å². The fraction of sp³-hybridized carbons (Fsp3) is 0.136. The van der Waals surface area contributed by atoms with Gasteiger partial charge in [-0.2, -0.15) is 0 Å². The zero-order valence-electron chi connectivity index (χ0n) is 14.3. The van der Waals surface area contributed by atoms with E-state index in [4.69, 9.17) is 4.74 Å². The summed E-state index contributed by atoms with van der Waals surface area (Å²) in [6, 6.07) is 23.5. The molecule has 1 aromatic heterocycles. The van der Waals surface area contributed by atoms with Gasteiger partial charge in [0.05, 0.1) is 0 Å². The Labute approximate surface area is 146 Å². The molecule has 1 unspecified atom stereocenters. The van der Waals surface area contributed by atoms with Gasteiger partial charge in [0.15, 0.2) is 0 Å². The highest BCUT2D eigenvalue weighted by molar-refractivity contribution is 6.08. The summed E-state index contributed by atoms with van der Waals surface area (Å²) in [6.07, 6.45) is 0. The number of hydrogen-bond donors (Lipinski definition) is 0. The maximum Gasteiger partial charge on any atom is 0.334 e. The highest BCUT2D eigenvalue weighted by Crippen LogP contribution is 2.32. The third-order valence-electron chi connectivity index (χ3n) is 4.65. The van der Waals surface area contributed by atoms with E-state index in [0.717, 1.165) is 27.4 Å². The number of rotatable bonds is 3. The van der Waals surface area contributed by atoms with Crippen molar-refractivity contribution < 1.29 is 9.53 Å². The average molecular weight is 329 g/mol. The normalized spacial score (nSPS) is 12.4. The molecule has 1 heterocycles. The lowest BCUT2D eigenvalue weighted by Gasteiger charge is -2.16. The molecule has 4 aromatic rings. The maximum absolute atomic E-state index is 12.8. The number of esters is 1. The van der Waals surface area contributed by atoms with Crippen molar-refractivity contribution in [1.82, 2.24) is 4.57 Å². The first-order chi connectivity index (χ1) is 12.2. The molecule has 1 atom stereocenters. The standard InChI is InChI=1S/C22H19NO2/c1-15-9-3-8-14-21(15)25-22(24)16(2)23-19-12-6-4-10-17(19)18-11-5-7-13-20(18)23/h3-14,16H,1-2H3. The van der Waals surface area contributed by atoms with Crippen LogP contribution in [0.25, 0.3) is 21.8 Å². The first kappa shape index (κ1) is 15.5. The molecule has 0 radical (unpaired) electrons. The molecule has 0 amide bonds. The molecule has 0 N–H and O–H groups in total. The number of aromatic nitrogens is 1. The topological polar surface area (TPSA) is 31.2 Å². The van der Waals surface area contributed by atoms with Gasteiger partial charge >= 0.3 is 5.97 Å². The molecule has 0 spiro atoms. The van der Waals surface area contributed by atoms with Crippen LogP contribution < -0.4 is 4.74 Å². The second kappa shape index (κ2) is 6.10. The van der Waals surface area contributed by atoms with E-state index in [1.807, 2.05) is 74.5 Å². The Morgan fingerprint density at radius 2 is 1.36 bits per heavy atom. The minimum atomic E-state index is -0.426. The molecule has 0 bridgehead atoms. The van der Waals surface area contributed by atoms with Crippen LogP contribution in [0.5, 0.6) is 5.75 Å². The molecule has 0 saturated carbocycles. The molecule has 0 aliphatic heterocycles. The van der Waals surface area contributed by atoms with Crippen molar-refractivity contribution in [2.24, 2.45) is 0 Å². The van der Waals surface area contributed by atoms with Crippen LogP contribution >= 0.6 is 0 Å². The van der Waals surface area contributed by atoms with Crippen molar-refractivity contribution in [2.45, 2.75) is 19.9 Å². The quantitative estimate of drug-likeness (QED) is 0.379. The molecular weight excluding hydrogens is 310 g/mol. The average Bonchev–Trinajstić information content (AvgIpc) is 2.97. The van der Waals surface area contributed by atoms with Crippen LogP contribution in [0.4, 0.5) is 0 Å². The largest absolute Gasteiger partial charge is 0.425 e. The molecule has 0 saturated heterocycles. The van der Waals surface area contributed by atoms with Gasteiger partial charge in [0, 0.05) is 21.8 Å². The number of ether oxygens (including phenoxy) is 1. The minimum absolute atomic E-state index is 0.263. The first-order valence-electron chi connectivity index (χ1n) is 8.42. The Hall–Kier alpha value is -3.07. The van der Waals surface area contributed by atoms with Gasteiger partial charge in [0.1, 0.15) is 11.8 Å². The molecule has 3 nitrogen and oxygen atoms in total. The van der Waals surface area contributed by atoms with Crippen LogP contribution in [0.15, 0.2) is 72.8 Å². The van der Waals surface area contributed by atoms with Crippen molar-refractivity contribution in [3.8, 4) is 5.75 Å². The lowest BCUT2D eigenvalue weighted by atomic mass is 10.2. The van der Waals surface area contributed by atoms with E-state index in [2.05, 4.69) is 16.7 Å². The predicted octanol–water partition coefficient (Wildman–Crippen LogP) is 5.27. The van der Waals surface area contributed by atoms with Gasteiger partial charge in [-0.05, 0) is 37.6 Å². The lowest BCUT2D eigenvalue weighted by molar-refractivity contribution is -0.137. The van der Waals surface area contributed by atoms with Crippen LogP contribution in [-0.4, -0.2) is 10.5 Å². The lowest BCUT2D eigenvalue weighted by Crippen LogP contribution is -2.21. The SMILES string of the molecule is Cc1ccccc1OC(=O)C(C)n1c2ccccc2c2ccccc21. The summed E-state index contributed by atoms with van der Waals surface area (Å²) in [6.45, 7) is 3.83. The van der Waals surface area contributed by atoms with Crippen LogP contribution in [0.2, 0.25) is 0 Å². The zero-order chi connectivity index (χ0) is 17.4. The number of nitrogens with zero attached hydrogens (tertiary/aromatic N) is 1.